The van der Waals surface area contributed by atoms with Gasteiger partial charge in [0.1, 0.15) is 11.5 Å². The van der Waals surface area contributed by atoms with Crippen molar-refractivity contribution >= 4 is 5.91 Å². The molecular formula is C28H32N4O3. The lowest BCUT2D eigenvalue weighted by Gasteiger charge is -2.18. The van der Waals surface area contributed by atoms with Crippen LogP contribution in [0.25, 0.3) is 11.3 Å². The average molecular weight is 473 g/mol. The van der Waals surface area contributed by atoms with Crippen LogP contribution in [-0.2, 0) is 6.42 Å². The van der Waals surface area contributed by atoms with Gasteiger partial charge in [0.2, 0.25) is 0 Å². The van der Waals surface area contributed by atoms with Gasteiger partial charge in [-0.1, -0.05) is 49.2 Å². The lowest BCUT2D eigenvalue weighted by molar-refractivity contribution is 0.0929. The van der Waals surface area contributed by atoms with Crippen LogP contribution in [0.1, 0.15) is 60.6 Å². The summed E-state index contributed by atoms with van der Waals surface area (Å²) in [4.78, 5) is 13.3. The molecule has 7 heteroatoms. The van der Waals surface area contributed by atoms with E-state index in [-0.39, 0.29) is 24.4 Å². The van der Waals surface area contributed by atoms with E-state index in [1.54, 1.807) is 14.2 Å². The minimum atomic E-state index is -0.273. The Morgan fingerprint density at radius 2 is 1.80 bits per heavy atom. The molecule has 1 fully saturated rings. The third-order valence-corrected chi connectivity index (χ3v) is 6.62. The Balaban J connectivity index is 1.62. The molecule has 1 aliphatic carbocycles. The van der Waals surface area contributed by atoms with E-state index in [0.717, 1.165) is 43.4 Å². The Morgan fingerprint density at radius 3 is 2.43 bits per heavy atom. The first kappa shape index (κ1) is 24.3. The van der Waals surface area contributed by atoms with Crippen molar-refractivity contribution in [3.63, 3.8) is 0 Å². The molecule has 182 valence electrons. The second kappa shape index (κ2) is 11.6. The monoisotopic (exact) mass is 472 g/mol. The first-order chi connectivity index (χ1) is 17.1. The molecule has 0 spiro atoms. The maximum absolute atomic E-state index is 13.3. The van der Waals surface area contributed by atoms with Crippen LogP contribution < -0.4 is 14.8 Å². The highest BCUT2D eigenvalue weighted by Gasteiger charge is 2.27. The number of carbonyl (C=O) groups excluding carboxylic acids is 1. The number of methoxy groups -OCH3 is 2. The van der Waals surface area contributed by atoms with Gasteiger partial charge in [0.15, 0.2) is 5.69 Å². The number of aromatic nitrogens is 2. The topological polar surface area (TPSA) is 89.2 Å². The van der Waals surface area contributed by atoms with Crippen LogP contribution in [0.15, 0.2) is 54.6 Å². The number of amides is 1. The summed E-state index contributed by atoms with van der Waals surface area (Å²) in [6.45, 7) is 0. The van der Waals surface area contributed by atoms with Gasteiger partial charge in [-0.3, -0.25) is 9.48 Å². The zero-order valence-corrected chi connectivity index (χ0v) is 20.4. The van der Waals surface area contributed by atoms with Crippen LogP contribution in [0.4, 0.5) is 0 Å². The number of carbonyl (C=O) groups is 1. The van der Waals surface area contributed by atoms with Crippen molar-refractivity contribution in [2.24, 2.45) is 0 Å². The summed E-state index contributed by atoms with van der Waals surface area (Å²) in [6.07, 6.45) is 6.02. The van der Waals surface area contributed by atoms with Gasteiger partial charge in [-0.25, -0.2) is 0 Å². The quantitative estimate of drug-likeness (QED) is 0.431. The molecule has 2 aromatic carbocycles. The summed E-state index contributed by atoms with van der Waals surface area (Å²) in [5.74, 6) is 1.06. The number of aryl methyl sites for hydroxylation is 1. The second-order valence-corrected chi connectivity index (χ2v) is 8.89. The largest absolute Gasteiger partial charge is 0.496 e. The molecule has 1 aromatic heterocycles. The van der Waals surface area contributed by atoms with Gasteiger partial charge in [0.05, 0.1) is 44.0 Å². The Labute approximate surface area is 206 Å². The van der Waals surface area contributed by atoms with Gasteiger partial charge in [-0.15, -0.1) is 0 Å². The summed E-state index contributed by atoms with van der Waals surface area (Å²) in [5.41, 5.74) is 3.11. The summed E-state index contributed by atoms with van der Waals surface area (Å²) < 4.78 is 13.2. The van der Waals surface area contributed by atoms with Crippen molar-refractivity contribution in [2.45, 2.75) is 57.0 Å². The van der Waals surface area contributed by atoms with E-state index in [1.165, 1.54) is 5.56 Å². The number of nitrogens with one attached hydrogen (secondary N) is 1. The van der Waals surface area contributed by atoms with E-state index in [9.17, 15) is 10.1 Å². The Bertz CT molecular complexity index is 1150. The highest BCUT2D eigenvalue weighted by atomic mass is 16.5. The smallest absolute Gasteiger partial charge is 0.272 e. The molecular weight excluding hydrogens is 440 g/mol. The van der Waals surface area contributed by atoms with Crippen molar-refractivity contribution < 1.29 is 14.3 Å². The van der Waals surface area contributed by atoms with Crippen molar-refractivity contribution in [2.75, 3.05) is 14.2 Å². The highest BCUT2D eigenvalue weighted by Crippen LogP contribution is 2.41. The molecule has 0 saturated heterocycles. The van der Waals surface area contributed by atoms with Crippen LogP contribution in [0, 0.1) is 11.3 Å². The molecule has 1 amide bonds. The predicted molar refractivity (Wildman–Crippen MR) is 135 cm³/mol. The van der Waals surface area contributed by atoms with E-state index >= 15 is 0 Å². The molecule has 0 aliphatic heterocycles. The van der Waals surface area contributed by atoms with Gasteiger partial charge in [-0.05, 0) is 49.4 Å². The van der Waals surface area contributed by atoms with Crippen molar-refractivity contribution in [3.05, 3.63) is 65.9 Å². The van der Waals surface area contributed by atoms with Crippen LogP contribution >= 0.6 is 0 Å². The van der Waals surface area contributed by atoms with Crippen LogP contribution in [0.2, 0.25) is 0 Å². The maximum Gasteiger partial charge on any atom is 0.272 e. The third-order valence-electron chi connectivity index (χ3n) is 6.62. The Morgan fingerprint density at radius 1 is 1.11 bits per heavy atom. The third kappa shape index (κ3) is 5.65. The zero-order chi connectivity index (χ0) is 24.6. The molecule has 0 bridgehead atoms. The van der Waals surface area contributed by atoms with Crippen molar-refractivity contribution in [1.82, 2.24) is 15.1 Å². The molecule has 0 unspecified atom stereocenters. The molecule has 7 nitrogen and oxygen atoms in total. The van der Waals surface area contributed by atoms with Crippen molar-refractivity contribution in [3.8, 4) is 28.8 Å². The number of nitrogens with zero attached hydrogens (tertiary/aromatic N) is 3. The molecule has 1 heterocycles. The van der Waals surface area contributed by atoms with E-state index in [2.05, 4.69) is 23.5 Å². The van der Waals surface area contributed by atoms with Gasteiger partial charge in [0.25, 0.3) is 5.91 Å². The molecule has 1 N–H and O–H groups in total. The minimum Gasteiger partial charge on any atom is -0.496 e. The number of ether oxygens (including phenoxy) is 2. The number of benzene rings is 2. The average Bonchev–Trinajstić information content (AvgIpc) is 3.57. The first-order valence-corrected chi connectivity index (χ1v) is 12.2. The van der Waals surface area contributed by atoms with Crippen LogP contribution in [0.5, 0.6) is 11.5 Å². The standard InChI is InChI=1S/C28H32N4O3/c1-34-25-13-8-14-26(35-2)27(25)24-19-23(31-32(24)22-11-6-7-12-22)28(33)30-21(17-18-29)16-15-20-9-4-3-5-10-20/h3-5,8-10,13-14,19,21-22H,6-7,11-12,15-17H2,1-2H3,(H,30,33)/t21-/m0/s1. The normalized spacial score (nSPS) is 14.3. The molecule has 1 aliphatic rings. The zero-order valence-electron chi connectivity index (χ0n) is 20.4. The van der Waals surface area contributed by atoms with Crippen molar-refractivity contribution in [1.29, 1.82) is 5.26 Å². The van der Waals surface area contributed by atoms with Gasteiger partial charge >= 0.3 is 0 Å². The first-order valence-electron chi connectivity index (χ1n) is 12.2. The molecule has 35 heavy (non-hydrogen) atoms. The Hall–Kier alpha value is -3.79. The molecule has 3 aromatic rings. The molecule has 1 saturated carbocycles. The minimum absolute atomic E-state index is 0.217. The van der Waals surface area contributed by atoms with E-state index in [4.69, 9.17) is 14.6 Å². The molecule has 0 radical (unpaired) electrons. The van der Waals surface area contributed by atoms with Gasteiger partial charge in [0, 0.05) is 6.04 Å². The number of rotatable bonds is 10. The predicted octanol–water partition coefficient (Wildman–Crippen LogP) is 5.33. The van der Waals surface area contributed by atoms with Crippen LogP contribution in [0.3, 0.4) is 0 Å². The van der Waals surface area contributed by atoms with Crippen LogP contribution in [-0.4, -0.2) is 35.9 Å². The summed E-state index contributed by atoms with van der Waals surface area (Å²) >= 11 is 0. The van der Waals surface area contributed by atoms with E-state index in [0.29, 0.717) is 23.6 Å². The van der Waals surface area contributed by atoms with E-state index in [1.807, 2.05) is 47.1 Å². The maximum atomic E-state index is 13.3. The number of nitriles is 1. The lowest BCUT2D eigenvalue weighted by Crippen LogP contribution is -2.35. The molecule has 1 atom stereocenters. The number of hydrogen-bond donors (Lipinski definition) is 1. The molecule has 4 rings (SSSR count). The SMILES string of the molecule is COc1cccc(OC)c1-c1cc(C(=O)N[C@H](CC#N)CCc2ccccc2)nn1C1CCCC1. The van der Waals surface area contributed by atoms with Gasteiger partial charge < -0.3 is 14.8 Å². The van der Waals surface area contributed by atoms with E-state index < -0.39 is 0 Å². The fourth-order valence-electron chi connectivity index (χ4n) is 4.80. The summed E-state index contributed by atoms with van der Waals surface area (Å²) in [7, 11) is 3.25. The fraction of sp³-hybridized carbons (Fsp3) is 0.393. The Kier molecular flexibility index (Phi) is 8.04. The lowest BCUT2D eigenvalue weighted by atomic mass is 10.0. The summed E-state index contributed by atoms with van der Waals surface area (Å²) in [5, 5.41) is 17.1. The highest BCUT2D eigenvalue weighted by molar-refractivity contribution is 5.94. The summed E-state index contributed by atoms with van der Waals surface area (Å²) in [6, 6.07) is 19.7. The van der Waals surface area contributed by atoms with Gasteiger partial charge in [-0.2, -0.15) is 10.4 Å². The second-order valence-electron chi connectivity index (χ2n) is 8.89. The fourth-order valence-corrected chi connectivity index (χ4v) is 4.80. The number of hydrogen-bond acceptors (Lipinski definition) is 5.